The first-order valence-electron chi connectivity index (χ1n) is 9.13. The summed E-state index contributed by atoms with van der Waals surface area (Å²) in [6.45, 7) is 4.05. The van der Waals surface area contributed by atoms with E-state index >= 15 is 0 Å². The average molecular weight is 397 g/mol. The van der Waals surface area contributed by atoms with Crippen LogP contribution in [0.2, 0.25) is 0 Å². The Kier molecular flexibility index (Phi) is 5.99. The van der Waals surface area contributed by atoms with Gasteiger partial charge in [0.25, 0.3) is 5.56 Å². The van der Waals surface area contributed by atoms with E-state index in [2.05, 4.69) is 27.5 Å². The second-order valence-electron chi connectivity index (χ2n) is 7.30. The smallest absolute Gasteiger partial charge is 0.259 e. The first-order chi connectivity index (χ1) is 12.1. The molecule has 1 aliphatic carbocycles. The molecule has 2 atom stereocenters. The Bertz CT molecular complexity index is 857. The Morgan fingerprint density at radius 2 is 2.23 bits per heavy atom. The van der Waals surface area contributed by atoms with Crippen LogP contribution < -0.4 is 16.2 Å². The van der Waals surface area contributed by atoms with Gasteiger partial charge < -0.3 is 15.6 Å². The van der Waals surface area contributed by atoms with Gasteiger partial charge in [0.15, 0.2) is 0 Å². The van der Waals surface area contributed by atoms with E-state index < -0.39 is 0 Å². The molecule has 0 saturated carbocycles. The molecule has 0 radical (unpaired) electrons. The molecular weight excluding hydrogens is 372 g/mol. The number of amides is 1. The molecule has 0 spiro atoms. The zero-order chi connectivity index (χ0) is 17.4. The maximum Gasteiger partial charge on any atom is 0.259 e. The minimum atomic E-state index is -0.0487. The minimum Gasteiger partial charge on any atom is -0.352 e. The molecule has 3 heterocycles. The number of thiophene rings is 1. The van der Waals surface area contributed by atoms with Crippen LogP contribution in [0.4, 0.5) is 0 Å². The number of aromatic amines is 1. The monoisotopic (exact) mass is 396 g/mol. The second-order valence-corrected chi connectivity index (χ2v) is 8.39. The van der Waals surface area contributed by atoms with Gasteiger partial charge in [-0.25, -0.2) is 4.98 Å². The van der Waals surface area contributed by atoms with Crippen molar-refractivity contribution in [2.75, 3.05) is 13.1 Å². The van der Waals surface area contributed by atoms with E-state index in [9.17, 15) is 9.59 Å². The minimum absolute atomic E-state index is 0. The summed E-state index contributed by atoms with van der Waals surface area (Å²) in [5, 5.41) is 7.03. The van der Waals surface area contributed by atoms with Crippen molar-refractivity contribution >= 4 is 39.9 Å². The fourth-order valence-electron chi connectivity index (χ4n) is 3.82. The third kappa shape index (κ3) is 3.94. The Balaban J connectivity index is 0.00000196. The van der Waals surface area contributed by atoms with Crippen LogP contribution in [0.25, 0.3) is 10.2 Å². The van der Waals surface area contributed by atoms with Crippen molar-refractivity contribution in [1.82, 2.24) is 20.6 Å². The van der Waals surface area contributed by atoms with Gasteiger partial charge in [-0.2, -0.15) is 0 Å². The number of nitrogens with one attached hydrogen (secondary N) is 3. The summed E-state index contributed by atoms with van der Waals surface area (Å²) in [5.41, 5.74) is 1.15. The van der Waals surface area contributed by atoms with E-state index in [4.69, 9.17) is 0 Å². The van der Waals surface area contributed by atoms with Crippen LogP contribution in [0.5, 0.6) is 0 Å². The molecule has 1 fully saturated rings. The van der Waals surface area contributed by atoms with Gasteiger partial charge in [-0.05, 0) is 43.7 Å². The van der Waals surface area contributed by atoms with Gasteiger partial charge in [-0.3, -0.25) is 9.59 Å². The summed E-state index contributed by atoms with van der Waals surface area (Å²) in [6.07, 6.45) is 4.95. The van der Waals surface area contributed by atoms with E-state index in [1.54, 1.807) is 11.3 Å². The van der Waals surface area contributed by atoms with Gasteiger partial charge in [0.1, 0.15) is 10.7 Å². The molecule has 6 nitrogen and oxygen atoms in total. The number of H-pyrrole nitrogens is 1. The highest BCUT2D eigenvalue weighted by molar-refractivity contribution is 7.18. The number of hydrogen-bond acceptors (Lipinski definition) is 5. The molecule has 0 aromatic carbocycles. The van der Waals surface area contributed by atoms with Gasteiger partial charge >= 0.3 is 0 Å². The van der Waals surface area contributed by atoms with Crippen LogP contribution >= 0.6 is 23.7 Å². The molecule has 3 N–H and O–H groups in total. The van der Waals surface area contributed by atoms with Gasteiger partial charge in [0.05, 0.1) is 5.39 Å². The number of carbonyl (C=O) groups is 1. The predicted molar refractivity (Wildman–Crippen MR) is 106 cm³/mol. The lowest BCUT2D eigenvalue weighted by Gasteiger charge is -2.17. The molecular formula is C18H25ClN4O2S. The SMILES string of the molecule is CC1CCc2c(sc3nc(CCC(=O)NC4CCNC4)[nH]c(=O)c23)C1.Cl. The lowest BCUT2D eigenvalue weighted by atomic mass is 9.89. The summed E-state index contributed by atoms with van der Waals surface area (Å²) in [7, 11) is 0. The fourth-order valence-corrected chi connectivity index (χ4v) is 5.22. The zero-order valence-electron chi connectivity index (χ0n) is 14.9. The van der Waals surface area contributed by atoms with E-state index in [0.29, 0.717) is 24.6 Å². The van der Waals surface area contributed by atoms with Crippen molar-refractivity contribution in [3.8, 4) is 0 Å². The van der Waals surface area contributed by atoms with Crippen molar-refractivity contribution in [3.63, 3.8) is 0 Å². The normalized spacial score (nSPS) is 22.0. The quantitative estimate of drug-likeness (QED) is 0.737. The number of rotatable bonds is 4. The number of aryl methyl sites for hydroxylation is 2. The van der Waals surface area contributed by atoms with Gasteiger partial charge in [-0.1, -0.05) is 6.92 Å². The fraction of sp³-hybridized carbons (Fsp3) is 0.611. The largest absolute Gasteiger partial charge is 0.352 e. The Morgan fingerprint density at radius 3 is 3.00 bits per heavy atom. The highest BCUT2D eigenvalue weighted by atomic mass is 35.5. The van der Waals surface area contributed by atoms with Crippen LogP contribution in [0.15, 0.2) is 4.79 Å². The molecule has 2 aromatic rings. The standard InChI is InChI=1S/C18H24N4O2S.ClH/c1-10-2-3-12-13(8-10)25-18-16(12)17(24)21-14(22-18)4-5-15(23)20-11-6-7-19-9-11;/h10-11,19H,2-9H2,1H3,(H,20,23)(H,21,22,24);1H. The Hall–Kier alpha value is -1.44. The van der Waals surface area contributed by atoms with Crippen molar-refractivity contribution in [3.05, 3.63) is 26.6 Å². The zero-order valence-corrected chi connectivity index (χ0v) is 16.5. The van der Waals surface area contributed by atoms with Crippen LogP contribution in [-0.4, -0.2) is 35.0 Å². The maximum atomic E-state index is 12.5. The Labute approximate surface area is 162 Å². The topological polar surface area (TPSA) is 86.9 Å². The average Bonchev–Trinajstić information content (AvgIpc) is 3.19. The molecule has 0 bridgehead atoms. The van der Waals surface area contributed by atoms with E-state index in [0.717, 1.165) is 49.0 Å². The number of carbonyl (C=O) groups excluding carboxylic acids is 1. The Morgan fingerprint density at radius 1 is 1.38 bits per heavy atom. The van der Waals surface area contributed by atoms with Crippen LogP contribution in [-0.2, 0) is 24.1 Å². The number of fused-ring (bicyclic) bond motifs is 3. The first-order valence-corrected chi connectivity index (χ1v) is 9.95. The third-order valence-electron chi connectivity index (χ3n) is 5.23. The molecule has 1 aliphatic heterocycles. The first kappa shape index (κ1) is 19.3. The summed E-state index contributed by atoms with van der Waals surface area (Å²) in [5.74, 6) is 1.31. The summed E-state index contributed by atoms with van der Waals surface area (Å²) < 4.78 is 0. The molecule has 2 aliphatic rings. The van der Waals surface area contributed by atoms with Gasteiger partial charge in [-0.15, -0.1) is 23.7 Å². The third-order valence-corrected chi connectivity index (χ3v) is 6.38. The lowest BCUT2D eigenvalue weighted by molar-refractivity contribution is -0.121. The van der Waals surface area contributed by atoms with E-state index in [-0.39, 0.29) is 29.9 Å². The molecule has 26 heavy (non-hydrogen) atoms. The molecule has 1 amide bonds. The number of nitrogens with zero attached hydrogens (tertiary/aromatic N) is 1. The van der Waals surface area contributed by atoms with Gasteiger partial charge in [0.2, 0.25) is 5.91 Å². The number of hydrogen-bond donors (Lipinski definition) is 3. The molecule has 4 rings (SSSR count). The maximum absolute atomic E-state index is 12.5. The number of halogens is 1. The van der Waals surface area contributed by atoms with Crippen molar-refractivity contribution < 1.29 is 4.79 Å². The lowest BCUT2D eigenvalue weighted by Crippen LogP contribution is -2.36. The molecule has 1 saturated heterocycles. The molecule has 2 unspecified atom stereocenters. The van der Waals surface area contributed by atoms with Crippen LogP contribution in [0, 0.1) is 5.92 Å². The molecule has 2 aromatic heterocycles. The predicted octanol–water partition coefficient (Wildman–Crippen LogP) is 1.94. The van der Waals surface area contributed by atoms with Crippen molar-refractivity contribution in [1.29, 1.82) is 0 Å². The van der Waals surface area contributed by atoms with E-state index in [1.807, 2.05) is 0 Å². The molecule has 8 heteroatoms. The highest BCUT2D eigenvalue weighted by Crippen LogP contribution is 2.35. The van der Waals surface area contributed by atoms with Crippen molar-refractivity contribution in [2.45, 2.75) is 51.5 Å². The van der Waals surface area contributed by atoms with Crippen molar-refractivity contribution in [2.24, 2.45) is 5.92 Å². The number of aromatic nitrogens is 2. The molecule has 142 valence electrons. The highest BCUT2D eigenvalue weighted by Gasteiger charge is 2.23. The summed E-state index contributed by atoms with van der Waals surface area (Å²) in [6, 6.07) is 0.230. The second kappa shape index (κ2) is 8.06. The summed E-state index contributed by atoms with van der Waals surface area (Å²) >= 11 is 1.65. The summed E-state index contributed by atoms with van der Waals surface area (Å²) in [4.78, 5) is 34.3. The van der Waals surface area contributed by atoms with Gasteiger partial charge in [0, 0.05) is 30.3 Å². The van der Waals surface area contributed by atoms with Crippen LogP contribution in [0.1, 0.15) is 42.5 Å². The van der Waals surface area contributed by atoms with E-state index in [1.165, 1.54) is 10.4 Å². The van der Waals surface area contributed by atoms with Crippen LogP contribution in [0.3, 0.4) is 0 Å².